The van der Waals surface area contributed by atoms with Crippen LogP contribution in [0.4, 0.5) is 10.5 Å². The van der Waals surface area contributed by atoms with E-state index in [0.717, 1.165) is 19.3 Å². The van der Waals surface area contributed by atoms with Crippen molar-refractivity contribution in [2.45, 2.75) is 57.7 Å². The third kappa shape index (κ3) is 4.74. The summed E-state index contributed by atoms with van der Waals surface area (Å²) < 4.78 is 5.27. The summed E-state index contributed by atoms with van der Waals surface area (Å²) in [5, 5.41) is 10.6. The molecule has 0 bridgehead atoms. The molecule has 0 spiro atoms. The highest BCUT2D eigenvalue weighted by Gasteiger charge is 2.27. The van der Waals surface area contributed by atoms with Gasteiger partial charge in [-0.25, -0.2) is 4.79 Å². The molecule has 4 nitrogen and oxygen atoms in total. The van der Waals surface area contributed by atoms with Crippen molar-refractivity contribution in [3.05, 3.63) is 16.8 Å². The minimum atomic E-state index is -0.434. The number of anilines is 1. The van der Waals surface area contributed by atoms with Crippen LogP contribution in [-0.2, 0) is 4.74 Å². The van der Waals surface area contributed by atoms with Crippen molar-refractivity contribution >= 4 is 23.1 Å². The third-order valence-electron chi connectivity index (χ3n) is 3.05. The first-order chi connectivity index (χ1) is 8.92. The van der Waals surface area contributed by atoms with E-state index in [0.29, 0.717) is 6.04 Å². The van der Waals surface area contributed by atoms with E-state index in [-0.39, 0.29) is 12.1 Å². The van der Waals surface area contributed by atoms with Gasteiger partial charge in [0.1, 0.15) is 5.60 Å². The van der Waals surface area contributed by atoms with Crippen LogP contribution in [0.2, 0.25) is 0 Å². The summed E-state index contributed by atoms with van der Waals surface area (Å²) in [6, 6.07) is 2.74. The first kappa shape index (κ1) is 14.2. The quantitative estimate of drug-likeness (QED) is 0.890. The number of amides is 1. The van der Waals surface area contributed by atoms with Gasteiger partial charge in [-0.1, -0.05) is 0 Å². The Bertz CT molecular complexity index is 412. The first-order valence-corrected chi connectivity index (χ1v) is 7.65. The maximum absolute atomic E-state index is 11.7. The molecule has 0 aliphatic heterocycles. The maximum atomic E-state index is 11.7. The molecule has 2 rings (SSSR count). The standard InChI is InChI=1S/C14H22N2O2S/c1-14(2,3)18-13(17)16-11-5-4-10(8-11)15-12-6-7-19-9-12/h6-7,9-11,15H,4-5,8H2,1-3H3,(H,16,17). The van der Waals surface area contributed by atoms with Crippen molar-refractivity contribution < 1.29 is 9.53 Å². The molecule has 0 aromatic carbocycles. The van der Waals surface area contributed by atoms with Crippen molar-refractivity contribution in [2.75, 3.05) is 5.32 Å². The highest BCUT2D eigenvalue weighted by molar-refractivity contribution is 7.08. The van der Waals surface area contributed by atoms with Crippen LogP contribution < -0.4 is 10.6 Å². The number of ether oxygens (including phenoxy) is 1. The molecule has 5 heteroatoms. The number of hydrogen-bond acceptors (Lipinski definition) is 4. The molecule has 1 fully saturated rings. The van der Waals surface area contributed by atoms with Crippen LogP contribution >= 0.6 is 11.3 Å². The highest BCUT2D eigenvalue weighted by atomic mass is 32.1. The molecule has 2 N–H and O–H groups in total. The fraction of sp³-hybridized carbons (Fsp3) is 0.643. The van der Waals surface area contributed by atoms with Gasteiger partial charge in [-0.15, -0.1) is 0 Å². The minimum absolute atomic E-state index is 0.214. The average molecular weight is 282 g/mol. The number of hydrogen-bond donors (Lipinski definition) is 2. The van der Waals surface area contributed by atoms with Gasteiger partial charge in [0, 0.05) is 23.2 Å². The summed E-state index contributed by atoms with van der Waals surface area (Å²) in [6.07, 6.45) is 2.72. The molecule has 106 valence electrons. The lowest BCUT2D eigenvalue weighted by molar-refractivity contribution is 0.0505. The summed E-state index contributed by atoms with van der Waals surface area (Å²) in [5.74, 6) is 0. The highest BCUT2D eigenvalue weighted by Crippen LogP contribution is 2.24. The molecule has 0 saturated heterocycles. The van der Waals surface area contributed by atoms with E-state index in [9.17, 15) is 4.79 Å². The Morgan fingerprint density at radius 3 is 2.74 bits per heavy atom. The van der Waals surface area contributed by atoms with Gasteiger partial charge < -0.3 is 15.4 Å². The van der Waals surface area contributed by atoms with Gasteiger partial charge in [0.05, 0.1) is 0 Å². The summed E-state index contributed by atoms with van der Waals surface area (Å²) in [4.78, 5) is 11.7. The number of carbonyl (C=O) groups is 1. The lowest BCUT2D eigenvalue weighted by Crippen LogP contribution is -2.38. The molecule has 1 amide bonds. The molecule has 1 aliphatic rings. The Morgan fingerprint density at radius 1 is 1.37 bits per heavy atom. The molecule has 2 unspecified atom stereocenters. The Kier molecular flexibility index (Phi) is 4.34. The Labute approximate surface area is 118 Å². The third-order valence-corrected chi connectivity index (χ3v) is 3.73. The van der Waals surface area contributed by atoms with Crippen LogP contribution in [0.5, 0.6) is 0 Å². The number of carbonyl (C=O) groups excluding carboxylic acids is 1. The van der Waals surface area contributed by atoms with Crippen molar-refractivity contribution in [2.24, 2.45) is 0 Å². The average Bonchev–Trinajstić information content (AvgIpc) is 2.88. The Hall–Kier alpha value is -1.23. The van der Waals surface area contributed by atoms with E-state index >= 15 is 0 Å². The van der Waals surface area contributed by atoms with Crippen molar-refractivity contribution in [1.29, 1.82) is 0 Å². The molecule has 1 aromatic rings. The predicted octanol–water partition coefficient (Wildman–Crippen LogP) is 3.61. The number of rotatable bonds is 3. The summed E-state index contributed by atoms with van der Waals surface area (Å²) >= 11 is 1.69. The van der Waals surface area contributed by atoms with Crippen LogP contribution in [0.15, 0.2) is 16.8 Å². The molecular formula is C14H22N2O2S. The van der Waals surface area contributed by atoms with Gasteiger partial charge in [0.15, 0.2) is 0 Å². The smallest absolute Gasteiger partial charge is 0.407 e. The zero-order valence-electron chi connectivity index (χ0n) is 11.7. The molecule has 1 saturated carbocycles. The molecule has 19 heavy (non-hydrogen) atoms. The van der Waals surface area contributed by atoms with Crippen molar-refractivity contribution in [3.8, 4) is 0 Å². The zero-order chi connectivity index (χ0) is 13.9. The van der Waals surface area contributed by atoms with Crippen LogP contribution in [0, 0.1) is 0 Å². The molecule has 2 atom stereocenters. The SMILES string of the molecule is CC(C)(C)OC(=O)NC1CCC(Nc2ccsc2)C1. The molecular weight excluding hydrogens is 260 g/mol. The van der Waals surface area contributed by atoms with Gasteiger partial charge in [-0.3, -0.25) is 0 Å². The normalized spacial score (nSPS) is 23.1. The van der Waals surface area contributed by atoms with Gasteiger partial charge in [0.25, 0.3) is 0 Å². The van der Waals surface area contributed by atoms with Gasteiger partial charge >= 0.3 is 6.09 Å². The molecule has 1 aromatic heterocycles. The topological polar surface area (TPSA) is 50.4 Å². The monoisotopic (exact) mass is 282 g/mol. The molecule has 1 heterocycles. The second-order valence-electron chi connectivity index (χ2n) is 6.01. The van der Waals surface area contributed by atoms with E-state index in [1.165, 1.54) is 5.69 Å². The van der Waals surface area contributed by atoms with Gasteiger partial charge in [0.2, 0.25) is 0 Å². The van der Waals surface area contributed by atoms with Crippen LogP contribution in [-0.4, -0.2) is 23.8 Å². The van der Waals surface area contributed by atoms with Gasteiger partial charge in [-0.2, -0.15) is 11.3 Å². The van der Waals surface area contributed by atoms with E-state index in [2.05, 4.69) is 27.5 Å². The largest absolute Gasteiger partial charge is 0.444 e. The number of alkyl carbamates (subject to hydrolysis) is 1. The van der Waals surface area contributed by atoms with Crippen LogP contribution in [0.3, 0.4) is 0 Å². The first-order valence-electron chi connectivity index (χ1n) is 6.70. The van der Waals surface area contributed by atoms with E-state index in [4.69, 9.17) is 4.74 Å². The molecule has 1 aliphatic carbocycles. The van der Waals surface area contributed by atoms with Gasteiger partial charge in [-0.05, 0) is 51.5 Å². The summed E-state index contributed by atoms with van der Waals surface area (Å²) in [6.45, 7) is 5.63. The Morgan fingerprint density at radius 2 is 2.11 bits per heavy atom. The minimum Gasteiger partial charge on any atom is -0.444 e. The fourth-order valence-corrected chi connectivity index (χ4v) is 2.90. The lowest BCUT2D eigenvalue weighted by Gasteiger charge is -2.21. The second-order valence-corrected chi connectivity index (χ2v) is 6.79. The molecule has 0 radical (unpaired) electrons. The predicted molar refractivity (Wildman–Crippen MR) is 78.7 cm³/mol. The van der Waals surface area contributed by atoms with E-state index < -0.39 is 5.60 Å². The number of nitrogens with one attached hydrogen (secondary N) is 2. The van der Waals surface area contributed by atoms with E-state index in [1.54, 1.807) is 11.3 Å². The number of thiophene rings is 1. The van der Waals surface area contributed by atoms with Crippen molar-refractivity contribution in [1.82, 2.24) is 5.32 Å². The second kappa shape index (κ2) is 5.82. The Balaban J connectivity index is 1.74. The van der Waals surface area contributed by atoms with Crippen LogP contribution in [0.1, 0.15) is 40.0 Å². The van der Waals surface area contributed by atoms with Crippen molar-refractivity contribution in [3.63, 3.8) is 0 Å². The lowest BCUT2D eigenvalue weighted by atomic mass is 10.2. The summed E-state index contributed by atoms with van der Waals surface area (Å²) in [5.41, 5.74) is 0.740. The van der Waals surface area contributed by atoms with Crippen LogP contribution in [0.25, 0.3) is 0 Å². The fourth-order valence-electron chi connectivity index (χ4n) is 2.30. The zero-order valence-corrected chi connectivity index (χ0v) is 12.5. The maximum Gasteiger partial charge on any atom is 0.407 e. The van der Waals surface area contributed by atoms with E-state index in [1.807, 2.05) is 20.8 Å². The summed E-state index contributed by atoms with van der Waals surface area (Å²) in [7, 11) is 0.